The van der Waals surface area contributed by atoms with Gasteiger partial charge < -0.3 is 24.8 Å². The molecule has 0 bridgehead atoms. The maximum Gasteiger partial charge on any atom is 0.490 e. The van der Waals surface area contributed by atoms with Gasteiger partial charge in [-0.3, -0.25) is 19.8 Å². The van der Waals surface area contributed by atoms with E-state index in [1.54, 1.807) is 23.1 Å². The number of hydrogen-bond donors (Lipinski definition) is 3. The highest BCUT2D eigenvalue weighted by molar-refractivity contribution is 6.07. The van der Waals surface area contributed by atoms with Crippen molar-refractivity contribution < 1.29 is 51.3 Å². The van der Waals surface area contributed by atoms with Gasteiger partial charge in [-0.1, -0.05) is 0 Å². The summed E-state index contributed by atoms with van der Waals surface area (Å²) in [7, 11) is 1.49. The molecule has 0 aliphatic carbocycles. The number of nitrogens with zero attached hydrogens (tertiary/aromatic N) is 2. The summed E-state index contributed by atoms with van der Waals surface area (Å²) in [6.07, 6.45) is -4.37. The monoisotopic (exact) mass is 562 g/mol. The van der Waals surface area contributed by atoms with E-state index in [1.165, 1.54) is 12.0 Å². The Hall–Kier alpha value is -3.46. The Bertz CT molecular complexity index is 1060. The molecule has 3 saturated heterocycles. The average molecular weight is 563 g/mol. The van der Waals surface area contributed by atoms with Crippen molar-refractivity contribution in [2.45, 2.75) is 50.2 Å². The van der Waals surface area contributed by atoms with Crippen LogP contribution < -0.4 is 20.3 Å². The Labute approximate surface area is 221 Å². The number of rotatable bonds is 5. The number of carbonyl (C=O) groups excluding carboxylic acids is 3. The van der Waals surface area contributed by atoms with Gasteiger partial charge in [-0.25, -0.2) is 14.0 Å². The van der Waals surface area contributed by atoms with Crippen molar-refractivity contribution in [2.24, 2.45) is 0 Å². The molecule has 3 fully saturated rings. The number of carboxylic acid groups (broad SMARTS) is 1. The Morgan fingerprint density at radius 1 is 1.10 bits per heavy atom. The lowest BCUT2D eigenvalue weighted by Gasteiger charge is -2.36. The first-order valence-corrected chi connectivity index (χ1v) is 12.3. The first-order valence-electron chi connectivity index (χ1n) is 12.3. The van der Waals surface area contributed by atoms with Gasteiger partial charge in [0.25, 0.3) is 5.91 Å². The molecule has 0 aromatic heterocycles. The zero-order valence-corrected chi connectivity index (χ0v) is 21.1. The predicted molar refractivity (Wildman–Crippen MR) is 128 cm³/mol. The molecule has 0 saturated carbocycles. The second kappa shape index (κ2) is 13.1. The fourth-order valence-electron chi connectivity index (χ4n) is 4.40. The Balaban J connectivity index is 0.000000532. The number of halogens is 4. The first-order chi connectivity index (χ1) is 18.4. The van der Waals surface area contributed by atoms with E-state index >= 15 is 0 Å². The van der Waals surface area contributed by atoms with Crippen LogP contribution >= 0.6 is 0 Å². The minimum absolute atomic E-state index is 0.0542. The Kier molecular flexibility index (Phi) is 10.1. The van der Waals surface area contributed by atoms with Crippen LogP contribution in [0.5, 0.6) is 5.75 Å². The molecule has 3 heterocycles. The number of methoxy groups -OCH3 is 1. The van der Waals surface area contributed by atoms with Gasteiger partial charge in [0.1, 0.15) is 11.9 Å². The number of carboxylic acids is 1. The molecule has 1 aromatic rings. The van der Waals surface area contributed by atoms with Crippen molar-refractivity contribution in [1.29, 1.82) is 0 Å². The molecule has 3 N–H and O–H groups in total. The fourth-order valence-corrected chi connectivity index (χ4v) is 4.40. The molecule has 0 radical (unpaired) electrons. The van der Waals surface area contributed by atoms with Gasteiger partial charge in [0.05, 0.1) is 25.0 Å². The van der Waals surface area contributed by atoms with Crippen LogP contribution in [0.25, 0.3) is 0 Å². The Morgan fingerprint density at radius 2 is 1.77 bits per heavy atom. The summed E-state index contributed by atoms with van der Waals surface area (Å²) >= 11 is 0. The molecule has 0 spiro atoms. The van der Waals surface area contributed by atoms with Crippen molar-refractivity contribution in [3.63, 3.8) is 0 Å². The summed E-state index contributed by atoms with van der Waals surface area (Å²) < 4.78 is 57.1. The van der Waals surface area contributed by atoms with E-state index in [-0.39, 0.29) is 37.0 Å². The minimum Gasteiger partial charge on any atom is -0.495 e. The maximum atomic E-state index is 14.0. The number of alkyl halides is 4. The van der Waals surface area contributed by atoms with Crippen LogP contribution in [0.15, 0.2) is 18.2 Å². The molecule has 4 amide bonds. The summed E-state index contributed by atoms with van der Waals surface area (Å²) in [4.78, 5) is 48.9. The fraction of sp³-hybridized carbons (Fsp3) is 0.583. The van der Waals surface area contributed by atoms with Crippen LogP contribution in [0.2, 0.25) is 0 Å². The minimum atomic E-state index is -5.08. The Morgan fingerprint density at radius 3 is 2.33 bits per heavy atom. The zero-order valence-electron chi connectivity index (χ0n) is 21.1. The number of carbonyl (C=O) groups is 4. The van der Waals surface area contributed by atoms with E-state index in [4.69, 9.17) is 19.4 Å². The number of nitrogens with one attached hydrogen (secondary N) is 2. The van der Waals surface area contributed by atoms with Crippen LogP contribution in [0.4, 0.5) is 28.0 Å². The van der Waals surface area contributed by atoms with Gasteiger partial charge in [0, 0.05) is 38.2 Å². The quantitative estimate of drug-likeness (QED) is 0.464. The second-order valence-corrected chi connectivity index (χ2v) is 9.12. The molecule has 2 atom stereocenters. The molecule has 15 heteroatoms. The highest BCUT2D eigenvalue weighted by Crippen LogP contribution is 2.31. The SMILES string of the molecule is COc1ccc(C(=O)N2CCC(O[C@@H]3CCNC[C@H]3F)CC2)cc1N1CCC(=O)NC1=O.O=C(O)C(F)(F)F. The number of aliphatic carboxylic acids is 1. The molecule has 216 valence electrons. The van der Waals surface area contributed by atoms with Crippen molar-refractivity contribution in [3.05, 3.63) is 23.8 Å². The van der Waals surface area contributed by atoms with Crippen molar-refractivity contribution in [3.8, 4) is 5.75 Å². The highest BCUT2D eigenvalue weighted by atomic mass is 19.4. The number of benzene rings is 1. The number of imide groups is 1. The van der Waals surface area contributed by atoms with E-state index < -0.39 is 24.3 Å². The van der Waals surface area contributed by atoms with Crippen LogP contribution in [0.3, 0.4) is 0 Å². The summed E-state index contributed by atoms with van der Waals surface area (Å²) in [6.45, 7) is 2.33. The van der Waals surface area contributed by atoms with Gasteiger partial charge in [-0.15, -0.1) is 0 Å². The highest BCUT2D eigenvalue weighted by Gasteiger charge is 2.38. The van der Waals surface area contributed by atoms with Crippen LogP contribution in [-0.2, 0) is 14.3 Å². The van der Waals surface area contributed by atoms with E-state index in [2.05, 4.69) is 10.6 Å². The standard InChI is InChI=1S/C22H29FN4O5.C2HF3O2/c1-31-19-3-2-14(12-17(19)27-11-7-20(28)25-22(27)30)21(29)26-9-5-15(6-10-26)32-18-4-8-24-13-16(18)23;3-2(4,5)1(6)7/h2-3,12,15-16,18,24H,4-11,13H2,1H3,(H,25,28,30);(H,6,7)/t16-,18-;/m1./s1. The molecule has 11 nitrogen and oxygen atoms in total. The molecule has 1 aromatic carbocycles. The number of urea groups is 1. The van der Waals surface area contributed by atoms with Gasteiger partial charge in [-0.05, 0) is 44.0 Å². The normalized spacial score (nSPS) is 22.5. The lowest BCUT2D eigenvalue weighted by atomic mass is 10.0. The van der Waals surface area contributed by atoms with E-state index in [0.29, 0.717) is 55.9 Å². The van der Waals surface area contributed by atoms with Gasteiger partial charge in [0.2, 0.25) is 5.91 Å². The molecule has 0 unspecified atom stereocenters. The van der Waals surface area contributed by atoms with Gasteiger partial charge >= 0.3 is 18.2 Å². The van der Waals surface area contributed by atoms with Crippen molar-refractivity contribution >= 4 is 29.5 Å². The van der Waals surface area contributed by atoms with Crippen LogP contribution in [0.1, 0.15) is 36.0 Å². The van der Waals surface area contributed by atoms with Crippen molar-refractivity contribution in [2.75, 3.05) is 44.7 Å². The predicted octanol–water partition coefficient (Wildman–Crippen LogP) is 2.10. The molecule has 3 aliphatic heterocycles. The largest absolute Gasteiger partial charge is 0.495 e. The van der Waals surface area contributed by atoms with Crippen molar-refractivity contribution in [1.82, 2.24) is 15.5 Å². The number of hydrogen-bond acceptors (Lipinski definition) is 7. The lowest BCUT2D eigenvalue weighted by Crippen LogP contribution is -2.49. The third-order valence-corrected chi connectivity index (χ3v) is 6.46. The van der Waals surface area contributed by atoms with Gasteiger partial charge in [-0.2, -0.15) is 13.2 Å². The number of ether oxygens (including phenoxy) is 2. The second-order valence-electron chi connectivity index (χ2n) is 9.12. The maximum absolute atomic E-state index is 14.0. The van der Waals surface area contributed by atoms with Gasteiger partial charge in [0.15, 0.2) is 0 Å². The molecule has 4 rings (SSSR count). The summed E-state index contributed by atoms with van der Waals surface area (Å²) in [5, 5.41) is 12.4. The topological polar surface area (TPSA) is 138 Å². The third kappa shape index (κ3) is 8.02. The lowest BCUT2D eigenvalue weighted by molar-refractivity contribution is -0.192. The smallest absolute Gasteiger partial charge is 0.490 e. The summed E-state index contributed by atoms with van der Waals surface area (Å²) in [5.74, 6) is -2.79. The zero-order chi connectivity index (χ0) is 28.7. The number of amides is 4. The molecule has 39 heavy (non-hydrogen) atoms. The molecular weight excluding hydrogens is 532 g/mol. The van der Waals surface area contributed by atoms with Crippen LogP contribution in [0, 0.1) is 0 Å². The third-order valence-electron chi connectivity index (χ3n) is 6.46. The number of anilines is 1. The first kappa shape index (κ1) is 30.1. The average Bonchev–Trinajstić information content (AvgIpc) is 2.89. The summed E-state index contributed by atoms with van der Waals surface area (Å²) in [6, 6.07) is 4.41. The number of likely N-dealkylation sites (tertiary alicyclic amines) is 1. The van der Waals surface area contributed by atoms with E-state index in [1.807, 2.05) is 0 Å². The summed E-state index contributed by atoms with van der Waals surface area (Å²) in [5.41, 5.74) is 0.883. The molecular formula is C24H30F4N4O7. The number of piperidine rings is 2. The van der Waals surface area contributed by atoms with E-state index in [9.17, 15) is 31.9 Å². The van der Waals surface area contributed by atoms with E-state index in [0.717, 1.165) is 6.54 Å². The molecule has 3 aliphatic rings. The van der Waals surface area contributed by atoms with Crippen LogP contribution in [-0.4, -0.2) is 98.2 Å².